The van der Waals surface area contributed by atoms with Crippen molar-refractivity contribution >= 4 is 17.4 Å². The molecular formula is C17H16N6O2. The number of piperazine rings is 1. The van der Waals surface area contributed by atoms with Gasteiger partial charge in [-0.15, -0.1) is 0 Å². The zero-order valence-corrected chi connectivity index (χ0v) is 13.4. The summed E-state index contributed by atoms with van der Waals surface area (Å²) >= 11 is 0. The molecule has 0 spiro atoms. The molecule has 4 heterocycles. The summed E-state index contributed by atoms with van der Waals surface area (Å²) in [6.45, 7) is 2.33. The van der Waals surface area contributed by atoms with Crippen LogP contribution in [0.25, 0.3) is 5.65 Å². The van der Waals surface area contributed by atoms with E-state index in [-0.39, 0.29) is 17.0 Å². The molecule has 1 amide bonds. The lowest BCUT2D eigenvalue weighted by Gasteiger charge is -2.35. The molecule has 8 heteroatoms. The van der Waals surface area contributed by atoms with Crippen LogP contribution in [0.5, 0.6) is 0 Å². The van der Waals surface area contributed by atoms with Gasteiger partial charge in [-0.2, -0.15) is 0 Å². The molecule has 126 valence electrons. The zero-order chi connectivity index (χ0) is 17.2. The number of rotatable bonds is 2. The fourth-order valence-corrected chi connectivity index (χ4v) is 2.94. The molecule has 1 fully saturated rings. The van der Waals surface area contributed by atoms with Gasteiger partial charge in [-0.05, 0) is 12.1 Å². The Bertz CT molecular complexity index is 964. The minimum absolute atomic E-state index is 0.0941. The molecule has 0 aromatic carbocycles. The number of nitrogens with zero attached hydrogens (tertiary/aromatic N) is 6. The molecule has 0 aliphatic carbocycles. The van der Waals surface area contributed by atoms with Gasteiger partial charge >= 0.3 is 0 Å². The van der Waals surface area contributed by atoms with E-state index in [1.165, 1.54) is 10.6 Å². The minimum atomic E-state index is -0.341. The van der Waals surface area contributed by atoms with Crippen molar-refractivity contribution in [2.75, 3.05) is 31.1 Å². The van der Waals surface area contributed by atoms with Crippen molar-refractivity contribution in [1.29, 1.82) is 0 Å². The van der Waals surface area contributed by atoms with E-state index in [1.807, 2.05) is 0 Å². The Kier molecular flexibility index (Phi) is 3.85. The highest BCUT2D eigenvalue weighted by molar-refractivity contribution is 5.94. The molecule has 0 N–H and O–H groups in total. The number of amides is 1. The standard InChI is InChI=1S/C17H16N6O2/c24-16(13-11-20-14-3-1-2-6-23(14)17(13)25)22-9-7-21(8-10-22)15-12-18-4-5-19-15/h1-6,11-12H,7-10H2. The number of pyridine rings is 1. The van der Waals surface area contributed by atoms with Gasteiger partial charge in [0, 0.05) is 51.0 Å². The Morgan fingerprint density at radius 1 is 1.00 bits per heavy atom. The molecule has 0 atom stereocenters. The van der Waals surface area contributed by atoms with Crippen LogP contribution in [0.3, 0.4) is 0 Å². The van der Waals surface area contributed by atoms with Crippen molar-refractivity contribution in [2.45, 2.75) is 0 Å². The van der Waals surface area contributed by atoms with Crippen LogP contribution < -0.4 is 10.5 Å². The largest absolute Gasteiger partial charge is 0.352 e. The van der Waals surface area contributed by atoms with Crippen LogP contribution in [0.4, 0.5) is 5.82 Å². The minimum Gasteiger partial charge on any atom is -0.352 e. The fourth-order valence-electron chi connectivity index (χ4n) is 2.94. The molecule has 4 rings (SSSR count). The number of aromatic nitrogens is 4. The van der Waals surface area contributed by atoms with Gasteiger partial charge in [0.2, 0.25) is 0 Å². The zero-order valence-electron chi connectivity index (χ0n) is 13.4. The first-order valence-corrected chi connectivity index (χ1v) is 8.01. The molecule has 1 aliphatic heterocycles. The summed E-state index contributed by atoms with van der Waals surface area (Å²) in [5.74, 6) is 0.511. The summed E-state index contributed by atoms with van der Waals surface area (Å²) in [6, 6.07) is 5.27. The van der Waals surface area contributed by atoms with Gasteiger partial charge in [-0.1, -0.05) is 6.07 Å². The Labute approximate surface area is 143 Å². The van der Waals surface area contributed by atoms with Gasteiger partial charge in [-0.3, -0.25) is 19.0 Å². The fraction of sp³-hybridized carbons (Fsp3) is 0.235. The van der Waals surface area contributed by atoms with Crippen molar-refractivity contribution < 1.29 is 4.79 Å². The lowest BCUT2D eigenvalue weighted by atomic mass is 10.2. The average molecular weight is 336 g/mol. The summed E-state index contributed by atoms with van der Waals surface area (Å²) in [5.41, 5.74) is 0.278. The maximum atomic E-state index is 12.7. The Hall–Kier alpha value is -3.29. The highest BCUT2D eigenvalue weighted by Gasteiger charge is 2.25. The van der Waals surface area contributed by atoms with E-state index < -0.39 is 0 Å². The molecule has 25 heavy (non-hydrogen) atoms. The number of carbonyl (C=O) groups is 1. The van der Waals surface area contributed by atoms with E-state index in [0.717, 1.165) is 5.82 Å². The van der Waals surface area contributed by atoms with E-state index in [4.69, 9.17) is 0 Å². The SMILES string of the molecule is O=C(c1cnc2ccccn2c1=O)N1CCN(c2cnccn2)CC1. The van der Waals surface area contributed by atoms with Crippen LogP contribution in [0, 0.1) is 0 Å². The van der Waals surface area contributed by atoms with E-state index in [9.17, 15) is 9.59 Å². The van der Waals surface area contributed by atoms with Crippen LogP contribution in [-0.2, 0) is 0 Å². The number of fused-ring (bicyclic) bond motifs is 1. The van der Waals surface area contributed by atoms with Crippen molar-refractivity contribution in [1.82, 2.24) is 24.3 Å². The smallest absolute Gasteiger partial charge is 0.270 e. The van der Waals surface area contributed by atoms with Crippen molar-refractivity contribution in [3.8, 4) is 0 Å². The molecule has 1 aliphatic rings. The normalized spacial score (nSPS) is 14.7. The Balaban J connectivity index is 1.53. The second-order valence-corrected chi connectivity index (χ2v) is 5.75. The first-order valence-electron chi connectivity index (χ1n) is 8.01. The van der Waals surface area contributed by atoms with Crippen molar-refractivity contribution in [2.24, 2.45) is 0 Å². The third-order valence-corrected chi connectivity index (χ3v) is 4.28. The molecule has 1 saturated heterocycles. The topological polar surface area (TPSA) is 83.7 Å². The average Bonchev–Trinajstić information content (AvgIpc) is 2.69. The summed E-state index contributed by atoms with van der Waals surface area (Å²) in [4.78, 5) is 41.6. The van der Waals surface area contributed by atoms with Gasteiger partial charge in [-0.25, -0.2) is 9.97 Å². The van der Waals surface area contributed by atoms with Gasteiger partial charge in [0.1, 0.15) is 17.0 Å². The molecule has 0 unspecified atom stereocenters. The predicted molar refractivity (Wildman–Crippen MR) is 91.6 cm³/mol. The molecule has 3 aromatic heterocycles. The monoisotopic (exact) mass is 336 g/mol. The van der Waals surface area contributed by atoms with Gasteiger partial charge in [0.05, 0.1) is 6.20 Å². The lowest BCUT2D eigenvalue weighted by molar-refractivity contribution is 0.0744. The van der Waals surface area contributed by atoms with Crippen LogP contribution in [-0.4, -0.2) is 56.3 Å². The summed E-state index contributed by atoms with van der Waals surface area (Å²) in [5, 5.41) is 0. The van der Waals surface area contributed by atoms with Crippen molar-refractivity contribution in [3.05, 3.63) is 65.1 Å². The Morgan fingerprint density at radius 2 is 1.84 bits per heavy atom. The maximum Gasteiger partial charge on any atom is 0.270 e. The van der Waals surface area contributed by atoms with Gasteiger partial charge in [0.15, 0.2) is 0 Å². The molecular weight excluding hydrogens is 320 g/mol. The van der Waals surface area contributed by atoms with E-state index >= 15 is 0 Å². The summed E-state index contributed by atoms with van der Waals surface area (Å²) < 4.78 is 1.39. The second-order valence-electron chi connectivity index (χ2n) is 5.75. The molecule has 3 aromatic rings. The van der Waals surface area contributed by atoms with Crippen LogP contribution >= 0.6 is 0 Å². The highest BCUT2D eigenvalue weighted by Crippen LogP contribution is 2.12. The molecule has 8 nitrogen and oxygen atoms in total. The number of hydrogen-bond donors (Lipinski definition) is 0. The number of hydrogen-bond acceptors (Lipinski definition) is 6. The number of anilines is 1. The summed E-state index contributed by atoms with van der Waals surface area (Å²) in [6.07, 6.45) is 7.97. The molecule has 0 bridgehead atoms. The second kappa shape index (κ2) is 6.31. The predicted octanol–water partition coefficient (Wildman–Crippen LogP) is 0.447. The van der Waals surface area contributed by atoms with Crippen LogP contribution in [0.15, 0.2) is 54.0 Å². The quantitative estimate of drug-likeness (QED) is 0.675. The van der Waals surface area contributed by atoms with E-state index in [2.05, 4.69) is 19.9 Å². The first kappa shape index (κ1) is 15.3. The van der Waals surface area contributed by atoms with Gasteiger partial charge < -0.3 is 9.80 Å². The van der Waals surface area contributed by atoms with Crippen LogP contribution in [0.2, 0.25) is 0 Å². The molecule has 0 radical (unpaired) electrons. The first-order chi connectivity index (χ1) is 12.2. The van der Waals surface area contributed by atoms with Crippen molar-refractivity contribution in [3.63, 3.8) is 0 Å². The third-order valence-electron chi connectivity index (χ3n) is 4.28. The Morgan fingerprint density at radius 3 is 2.60 bits per heavy atom. The van der Waals surface area contributed by atoms with E-state index in [1.54, 1.807) is 47.9 Å². The highest BCUT2D eigenvalue weighted by atomic mass is 16.2. The lowest BCUT2D eigenvalue weighted by Crippen LogP contribution is -2.50. The summed E-state index contributed by atoms with van der Waals surface area (Å²) in [7, 11) is 0. The van der Waals surface area contributed by atoms with Gasteiger partial charge in [0.25, 0.3) is 11.5 Å². The van der Waals surface area contributed by atoms with Crippen LogP contribution in [0.1, 0.15) is 10.4 Å². The molecule has 0 saturated carbocycles. The maximum absolute atomic E-state index is 12.7. The van der Waals surface area contributed by atoms with E-state index in [0.29, 0.717) is 31.8 Å². The number of carbonyl (C=O) groups excluding carboxylic acids is 1. The third kappa shape index (κ3) is 2.82.